The van der Waals surface area contributed by atoms with Gasteiger partial charge in [0.05, 0.1) is 6.10 Å². The molecule has 52 valence electrons. The minimum Gasteiger partial charge on any atom is -0.391 e. The van der Waals surface area contributed by atoms with Gasteiger partial charge >= 0.3 is 0 Å². The van der Waals surface area contributed by atoms with Crippen LogP contribution in [-0.4, -0.2) is 17.3 Å². The predicted octanol–water partition coefficient (Wildman–Crippen LogP) is 0.104. The summed E-state index contributed by atoms with van der Waals surface area (Å²) in [6, 6.07) is 0.101. The van der Waals surface area contributed by atoms with Crippen molar-refractivity contribution >= 4 is 0 Å². The quantitative estimate of drug-likeness (QED) is 0.485. The van der Waals surface area contributed by atoms with Crippen LogP contribution in [0.5, 0.6) is 0 Å². The molecule has 2 heteroatoms. The highest BCUT2D eigenvalue weighted by Gasteiger charge is 2.44. The molecular weight excluding hydrogens is 114 g/mol. The maximum absolute atomic E-state index is 9.36. The normalized spacial score (nSPS) is 56.7. The van der Waals surface area contributed by atoms with Gasteiger partial charge in [-0.3, -0.25) is 0 Å². The summed E-state index contributed by atoms with van der Waals surface area (Å²) in [4.78, 5) is 0. The molecule has 4 atom stereocenters. The van der Waals surface area contributed by atoms with Crippen molar-refractivity contribution in [2.45, 2.75) is 31.4 Å². The number of aliphatic hydroxyl groups is 1. The van der Waals surface area contributed by atoms with Crippen LogP contribution in [0.25, 0.3) is 0 Å². The third-order valence-corrected chi connectivity index (χ3v) is 2.94. The third kappa shape index (κ3) is 0.634. The Morgan fingerprint density at radius 3 is 2.22 bits per heavy atom. The van der Waals surface area contributed by atoms with E-state index in [-0.39, 0.29) is 12.1 Å². The van der Waals surface area contributed by atoms with Crippen molar-refractivity contribution in [3.63, 3.8) is 0 Å². The first-order valence-corrected chi connectivity index (χ1v) is 3.72. The molecule has 0 radical (unpaired) electrons. The lowest BCUT2D eigenvalue weighted by molar-refractivity contribution is 0.0944. The molecule has 9 heavy (non-hydrogen) atoms. The van der Waals surface area contributed by atoms with Crippen molar-refractivity contribution < 1.29 is 5.11 Å². The molecule has 2 saturated carbocycles. The number of fused-ring (bicyclic) bond motifs is 2. The van der Waals surface area contributed by atoms with E-state index in [0.29, 0.717) is 11.8 Å². The Bertz CT molecular complexity index is 108. The van der Waals surface area contributed by atoms with Crippen molar-refractivity contribution in [1.82, 2.24) is 0 Å². The summed E-state index contributed by atoms with van der Waals surface area (Å²) in [6.07, 6.45) is 3.47. The van der Waals surface area contributed by atoms with Crippen LogP contribution in [0.4, 0.5) is 0 Å². The maximum Gasteiger partial charge on any atom is 0.0721 e. The van der Waals surface area contributed by atoms with Crippen LogP contribution in [0.3, 0.4) is 0 Å². The summed E-state index contributed by atoms with van der Waals surface area (Å²) in [6.45, 7) is 0. The van der Waals surface area contributed by atoms with Crippen LogP contribution in [0, 0.1) is 11.8 Å². The molecule has 3 N–H and O–H groups in total. The van der Waals surface area contributed by atoms with Gasteiger partial charge in [0.15, 0.2) is 0 Å². The summed E-state index contributed by atoms with van der Waals surface area (Å²) >= 11 is 0. The average Bonchev–Trinajstić information content (AvgIpc) is 2.37. The van der Waals surface area contributed by atoms with E-state index < -0.39 is 0 Å². The van der Waals surface area contributed by atoms with E-state index in [1.165, 1.54) is 19.3 Å². The second kappa shape index (κ2) is 1.70. The molecular formula is C7H13NO. The Morgan fingerprint density at radius 2 is 1.89 bits per heavy atom. The largest absolute Gasteiger partial charge is 0.391 e. The SMILES string of the molecule is N[C@@H]1[C@@H]2CC[C@@H](C2)[C@H]1O. The highest BCUT2D eigenvalue weighted by Crippen LogP contribution is 2.43. The van der Waals surface area contributed by atoms with E-state index in [2.05, 4.69) is 0 Å². The minimum absolute atomic E-state index is 0.101. The molecule has 0 unspecified atom stereocenters. The zero-order chi connectivity index (χ0) is 6.43. The molecule has 0 aromatic carbocycles. The summed E-state index contributed by atoms with van der Waals surface area (Å²) in [5.41, 5.74) is 5.71. The molecule has 2 fully saturated rings. The molecule has 0 spiro atoms. The number of hydrogen-bond donors (Lipinski definition) is 2. The molecule has 0 heterocycles. The predicted molar refractivity (Wildman–Crippen MR) is 34.8 cm³/mol. The van der Waals surface area contributed by atoms with Gasteiger partial charge in [0.2, 0.25) is 0 Å². The van der Waals surface area contributed by atoms with Crippen LogP contribution in [0.2, 0.25) is 0 Å². The molecule has 0 amide bonds. The number of aliphatic hydroxyl groups excluding tert-OH is 1. The maximum atomic E-state index is 9.36. The zero-order valence-electron chi connectivity index (χ0n) is 5.46. The first-order chi connectivity index (χ1) is 4.29. The van der Waals surface area contributed by atoms with Gasteiger partial charge in [0, 0.05) is 6.04 Å². The van der Waals surface area contributed by atoms with Crippen LogP contribution < -0.4 is 5.73 Å². The summed E-state index contributed by atoms with van der Waals surface area (Å²) in [5, 5.41) is 9.36. The lowest BCUT2D eigenvalue weighted by Gasteiger charge is -2.22. The van der Waals surface area contributed by atoms with Crippen LogP contribution >= 0.6 is 0 Å². The van der Waals surface area contributed by atoms with Gasteiger partial charge in [-0.2, -0.15) is 0 Å². The molecule has 2 bridgehead atoms. The highest BCUT2D eigenvalue weighted by molar-refractivity contribution is 4.98. The van der Waals surface area contributed by atoms with Gasteiger partial charge in [0.25, 0.3) is 0 Å². The first kappa shape index (κ1) is 5.69. The van der Waals surface area contributed by atoms with E-state index in [4.69, 9.17) is 5.73 Å². The van der Waals surface area contributed by atoms with Crippen molar-refractivity contribution in [2.24, 2.45) is 17.6 Å². The first-order valence-electron chi connectivity index (χ1n) is 3.72. The van der Waals surface area contributed by atoms with Gasteiger partial charge < -0.3 is 10.8 Å². The van der Waals surface area contributed by atoms with Crippen molar-refractivity contribution in [2.75, 3.05) is 0 Å². The van der Waals surface area contributed by atoms with Gasteiger partial charge in [-0.25, -0.2) is 0 Å². The molecule has 0 saturated heterocycles. The van der Waals surface area contributed by atoms with Crippen LogP contribution in [-0.2, 0) is 0 Å². The molecule has 0 aliphatic heterocycles. The lowest BCUT2D eigenvalue weighted by atomic mass is 9.94. The fourth-order valence-electron chi connectivity index (χ4n) is 2.31. The minimum atomic E-state index is -0.177. The van der Waals surface area contributed by atoms with Crippen molar-refractivity contribution in [3.8, 4) is 0 Å². The van der Waals surface area contributed by atoms with E-state index >= 15 is 0 Å². The summed E-state index contributed by atoms with van der Waals surface area (Å²) in [5.74, 6) is 1.19. The van der Waals surface area contributed by atoms with E-state index in [9.17, 15) is 5.11 Å². The van der Waals surface area contributed by atoms with Crippen LogP contribution in [0.1, 0.15) is 19.3 Å². The van der Waals surface area contributed by atoms with Gasteiger partial charge in [-0.05, 0) is 31.1 Å². The molecule has 2 aliphatic rings. The fraction of sp³-hybridized carbons (Fsp3) is 1.00. The molecule has 2 aliphatic carbocycles. The van der Waals surface area contributed by atoms with Crippen molar-refractivity contribution in [3.05, 3.63) is 0 Å². The number of nitrogens with two attached hydrogens (primary N) is 1. The van der Waals surface area contributed by atoms with E-state index in [1.807, 2.05) is 0 Å². The topological polar surface area (TPSA) is 46.2 Å². The van der Waals surface area contributed by atoms with Crippen molar-refractivity contribution in [1.29, 1.82) is 0 Å². The Labute approximate surface area is 55.1 Å². The second-order valence-electron chi connectivity index (χ2n) is 3.40. The second-order valence-corrected chi connectivity index (χ2v) is 3.40. The standard InChI is InChI=1S/C7H13NO/c8-6-4-1-2-5(3-4)7(6)9/h4-7,9H,1-3,8H2/t4-,5+,6-,7-/m1/s1. The van der Waals surface area contributed by atoms with E-state index in [1.54, 1.807) is 0 Å². The Kier molecular flexibility index (Phi) is 1.08. The van der Waals surface area contributed by atoms with Crippen LogP contribution in [0.15, 0.2) is 0 Å². The van der Waals surface area contributed by atoms with Gasteiger partial charge in [0.1, 0.15) is 0 Å². The van der Waals surface area contributed by atoms with E-state index in [0.717, 1.165) is 0 Å². The Balaban J connectivity index is 2.15. The molecule has 2 nitrogen and oxygen atoms in total. The molecule has 2 rings (SSSR count). The van der Waals surface area contributed by atoms with Gasteiger partial charge in [-0.15, -0.1) is 0 Å². The summed E-state index contributed by atoms with van der Waals surface area (Å²) < 4.78 is 0. The highest BCUT2D eigenvalue weighted by atomic mass is 16.3. The third-order valence-electron chi connectivity index (χ3n) is 2.94. The molecule has 0 aromatic heterocycles. The Morgan fingerprint density at radius 1 is 1.22 bits per heavy atom. The number of hydrogen-bond acceptors (Lipinski definition) is 2. The Hall–Kier alpha value is -0.0800. The molecule has 0 aromatic rings. The fourth-order valence-corrected chi connectivity index (χ4v) is 2.31. The monoisotopic (exact) mass is 127 g/mol. The average molecular weight is 127 g/mol. The number of rotatable bonds is 0. The lowest BCUT2D eigenvalue weighted by Crippen LogP contribution is -2.39. The van der Waals surface area contributed by atoms with Gasteiger partial charge in [-0.1, -0.05) is 0 Å². The summed E-state index contributed by atoms with van der Waals surface area (Å²) in [7, 11) is 0. The smallest absolute Gasteiger partial charge is 0.0721 e. The zero-order valence-corrected chi connectivity index (χ0v) is 5.46.